The Bertz CT molecular complexity index is 1010. The van der Waals surface area contributed by atoms with Crippen LogP contribution in [-0.4, -0.2) is 34.5 Å². The lowest BCUT2D eigenvalue weighted by Gasteiger charge is -2.12. The van der Waals surface area contributed by atoms with Crippen molar-refractivity contribution < 1.29 is 18.3 Å². The molecule has 0 saturated heterocycles. The minimum Gasteiger partial charge on any atom is -0.496 e. The first kappa shape index (κ1) is 21.3. The Kier molecular flexibility index (Phi) is 7.21. The number of hydrogen-bond donors (Lipinski definition) is 0. The van der Waals surface area contributed by atoms with Gasteiger partial charge in [0, 0.05) is 5.56 Å². The molecule has 0 radical (unpaired) electrons. The van der Waals surface area contributed by atoms with Crippen molar-refractivity contribution in [2.45, 2.75) is 18.2 Å². The second-order valence-electron chi connectivity index (χ2n) is 5.69. The van der Waals surface area contributed by atoms with Crippen LogP contribution in [-0.2, 0) is 6.61 Å². The predicted molar refractivity (Wildman–Crippen MR) is 111 cm³/mol. The molecule has 0 saturated carbocycles. The van der Waals surface area contributed by atoms with Crippen molar-refractivity contribution in [2.24, 2.45) is 5.10 Å². The number of para-hydroxylation sites is 1. The molecule has 0 aliphatic rings. The van der Waals surface area contributed by atoms with Gasteiger partial charge >= 0.3 is 0 Å². The average molecular weight is 483 g/mol. The Balaban J connectivity index is 1.84. The van der Waals surface area contributed by atoms with E-state index in [2.05, 4.69) is 31.2 Å². The number of rotatable bonds is 8. The molecule has 3 rings (SSSR count). The van der Waals surface area contributed by atoms with Crippen LogP contribution < -0.4 is 9.47 Å². The van der Waals surface area contributed by atoms with Crippen molar-refractivity contribution in [2.75, 3.05) is 13.4 Å². The molecule has 2 aromatic carbocycles. The van der Waals surface area contributed by atoms with Crippen LogP contribution >= 0.6 is 27.7 Å². The molecule has 0 atom stereocenters. The highest BCUT2D eigenvalue weighted by Crippen LogP contribution is 2.27. The molecule has 0 aliphatic heterocycles. The van der Waals surface area contributed by atoms with Gasteiger partial charge in [0.05, 0.1) is 17.8 Å². The van der Waals surface area contributed by atoms with Gasteiger partial charge in [-0.05, 0) is 58.1 Å². The monoisotopic (exact) mass is 482 g/mol. The maximum atomic E-state index is 13.1. The van der Waals surface area contributed by atoms with E-state index in [4.69, 9.17) is 9.47 Å². The number of ether oxygens (including phenoxy) is 2. The lowest BCUT2D eigenvalue weighted by molar-refractivity contribution is 0.135. The Labute approximate surface area is 179 Å². The topological polar surface area (TPSA) is 61.5 Å². The lowest BCUT2D eigenvalue weighted by Crippen LogP contribution is -2.02. The SMILES string of the molecule is COc1ccc(/C=N\n2c(SC)nnc2C(F)F)cc1COc1ccccc1Br. The Morgan fingerprint density at radius 2 is 2.00 bits per heavy atom. The van der Waals surface area contributed by atoms with Crippen molar-refractivity contribution in [3.05, 3.63) is 63.9 Å². The Hall–Kier alpha value is -2.46. The van der Waals surface area contributed by atoms with Gasteiger partial charge in [-0.25, -0.2) is 8.78 Å². The number of alkyl halides is 2. The zero-order valence-electron chi connectivity index (χ0n) is 15.6. The van der Waals surface area contributed by atoms with Crippen LogP contribution in [0.15, 0.2) is 57.2 Å². The lowest BCUT2D eigenvalue weighted by atomic mass is 10.1. The van der Waals surface area contributed by atoms with Crippen molar-refractivity contribution in [3.8, 4) is 11.5 Å². The van der Waals surface area contributed by atoms with Crippen LogP contribution in [0.1, 0.15) is 23.4 Å². The molecule has 1 aromatic heterocycles. The fourth-order valence-electron chi connectivity index (χ4n) is 2.48. The Morgan fingerprint density at radius 1 is 1.21 bits per heavy atom. The van der Waals surface area contributed by atoms with Crippen LogP contribution in [0.3, 0.4) is 0 Å². The Morgan fingerprint density at radius 3 is 2.69 bits per heavy atom. The van der Waals surface area contributed by atoms with E-state index in [0.717, 1.165) is 14.7 Å². The van der Waals surface area contributed by atoms with Crippen molar-refractivity contribution in [1.29, 1.82) is 0 Å². The van der Waals surface area contributed by atoms with Crippen LogP contribution in [0.25, 0.3) is 0 Å². The number of benzene rings is 2. The maximum absolute atomic E-state index is 13.1. The standard InChI is InChI=1S/C19H17BrF2N4O2S/c1-27-15-8-7-12(9-13(15)11-28-16-6-4-3-5-14(16)20)10-23-26-18(17(21)22)24-25-19(26)29-2/h3-10,17H,11H2,1-2H3/b23-10-. The highest BCUT2D eigenvalue weighted by molar-refractivity contribution is 9.10. The average Bonchev–Trinajstić information content (AvgIpc) is 3.15. The first-order valence-electron chi connectivity index (χ1n) is 8.39. The molecule has 0 N–H and O–H groups in total. The van der Waals surface area contributed by atoms with Gasteiger partial charge in [0.25, 0.3) is 6.43 Å². The molecule has 0 spiro atoms. The van der Waals surface area contributed by atoms with Gasteiger partial charge in [0.15, 0.2) is 0 Å². The van der Waals surface area contributed by atoms with Gasteiger partial charge in [-0.3, -0.25) is 0 Å². The third-order valence-corrected chi connectivity index (χ3v) is 5.14. The number of halogens is 3. The molecule has 6 nitrogen and oxygen atoms in total. The van der Waals surface area contributed by atoms with E-state index in [0.29, 0.717) is 17.1 Å². The summed E-state index contributed by atoms with van der Waals surface area (Å²) < 4.78 is 39.4. The van der Waals surface area contributed by atoms with E-state index in [1.807, 2.05) is 30.3 Å². The van der Waals surface area contributed by atoms with E-state index in [1.54, 1.807) is 25.5 Å². The van der Waals surface area contributed by atoms with Crippen LogP contribution in [0.5, 0.6) is 11.5 Å². The molecular weight excluding hydrogens is 466 g/mol. The van der Waals surface area contributed by atoms with E-state index in [9.17, 15) is 8.78 Å². The van der Waals surface area contributed by atoms with Crippen molar-refractivity contribution in [3.63, 3.8) is 0 Å². The highest BCUT2D eigenvalue weighted by atomic mass is 79.9. The van der Waals surface area contributed by atoms with Crippen LogP contribution in [0.4, 0.5) is 8.78 Å². The van der Waals surface area contributed by atoms with Gasteiger partial charge in [0.2, 0.25) is 11.0 Å². The number of aromatic nitrogens is 3. The fraction of sp³-hybridized carbons (Fsp3) is 0.211. The molecule has 0 unspecified atom stereocenters. The third-order valence-electron chi connectivity index (χ3n) is 3.86. The molecule has 0 amide bonds. The predicted octanol–water partition coefficient (Wildman–Crippen LogP) is 5.17. The summed E-state index contributed by atoms with van der Waals surface area (Å²) in [4.78, 5) is 0. The van der Waals surface area contributed by atoms with Gasteiger partial charge < -0.3 is 9.47 Å². The first-order valence-corrected chi connectivity index (χ1v) is 10.4. The molecule has 3 aromatic rings. The highest BCUT2D eigenvalue weighted by Gasteiger charge is 2.19. The second kappa shape index (κ2) is 9.84. The quantitative estimate of drug-likeness (QED) is 0.327. The summed E-state index contributed by atoms with van der Waals surface area (Å²) in [5.41, 5.74) is 1.48. The smallest absolute Gasteiger partial charge is 0.299 e. The van der Waals surface area contributed by atoms with Crippen LogP contribution in [0.2, 0.25) is 0 Å². The maximum Gasteiger partial charge on any atom is 0.299 e. The second-order valence-corrected chi connectivity index (χ2v) is 7.32. The molecule has 29 heavy (non-hydrogen) atoms. The number of methoxy groups -OCH3 is 1. The fourth-order valence-corrected chi connectivity index (χ4v) is 3.32. The minimum atomic E-state index is -2.77. The summed E-state index contributed by atoms with van der Waals surface area (Å²) in [5.74, 6) is 0.845. The largest absolute Gasteiger partial charge is 0.496 e. The first-order chi connectivity index (χ1) is 14.0. The summed E-state index contributed by atoms with van der Waals surface area (Å²) in [6, 6.07) is 12.9. The molecule has 152 valence electrons. The molecule has 0 aliphatic carbocycles. The van der Waals surface area contributed by atoms with Crippen molar-refractivity contribution >= 4 is 33.9 Å². The summed E-state index contributed by atoms with van der Waals surface area (Å²) in [6.45, 7) is 0.262. The number of nitrogens with zero attached hydrogens (tertiary/aromatic N) is 4. The van der Waals surface area contributed by atoms with E-state index in [-0.39, 0.29) is 11.8 Å². The van der Waals surface area contributed by atoms with E-state index in [1.165, 1.54) is 18.0 Å². The van der Waals surface area contributed by atoms with Crippen molar-refractivity contribution in [1.82, 2.24) is 14.9 Å². The number of hydrogen-bond acceptors (Lipinski definition) is 6. The van der Waals surface area contributed by atoms with E-state index >= 15 is 0 Å². The normalized spacial score (nSPS) is 11.4. The number of thioether (sulfide) groups is 1. The summed E-state index contributed by atoms with van der Waals surface area (Å²) in [5, 5.41) is 11.6. The van der Waals surface area contributed by atoms with Gasteiger partial charge in [-0.1, -0.05) is 23.9 Å². The van der Waals surface area contributed by atoms with Gasteiger partial charge in [0.1, 0.15) is 18.1 Å². The third kappa shape index (κ3) is 5.13. The van der Waals surface area contributed by atoms with E-state index < -0.39 is 12.2 Å². The zero-order valence-corrected chi connectivity index (χ0v) is 18.0. The molecule has 0 fully saturated rings. The molecular formula is C19H17BrF2N4O2S. The zero-order chi connectivity index (χ0) is 20.8. The summed E-state index contributed by atoms with van der Waals surface area (Å²) in [7, 11) is 1.57. The summed E-state index contributed by atoms with van der Waals surface area (Å²) in [6.07, 6.45) is 0.413. The molecule has 10 heteroatoms. The van der Waals surface area contributed by atoms with Gasteiger partial charge in [-0.15, -0.1) is 10.2 Å². The minimum absolute atomic E-state index is 0.262. The van der Waals surface area contributed by atoms with Crippen LogP contribution in [0, 0.1) is 0 Å². The summed E-state index contributed by atoms with van der Waals surface area (Å²) >= 11 is 4.63. The molecule has 0 bridgehead atoms. The molecule has 1 heterocycles. The van der Waals surface area contributed by atoms with Gasteiger partial charge in [-0.2, -0.15) is 9.78 Å².